The van der Waals surface area contributed by atoms with Gasteiger partial charge < -0.3 is 19.8 Å². The zero-order chi connectivity index (χ0) is 14.9. The van der Waals surface area contributed by atoms with Crippen LogP contribution >= 0.6 is 0 Å². The van der Waals surface area contributed by atoms with E-state index < -0.39 is 5.60 Å². The Morgan fingerprint density at radius 1 is 1.35 bits per heavy atom. The van der Waals surface area contributed by atoms with Gasteiger partial charge in [0.25, 0.3) is 0 Å². The van der Waals surface area contributed by atoms with Crippen LogP contribution < -0.4 is 9.80 Å². The molecule has 1 aromatic heterocycles. The molecule has 0 bridgehead atoms. The Labute approximate surface area is 121 Å². The van der Waals surface area contributed by atoms with E-state index in [1.54, 1.807) is 0 Å². The first kappa shape index (κ1) is 15.0. The number of hydrogen-bond acceptors (Lipinski definition) is 6. The van der Waals surface area contributed by atoms with Crippen molar-refractivity contribution < 1.29 is 5.11 Å². The first-order valence-corrected chi connectivity index (χ1v) is 6.94. The molecule has 0 aromatic carbocycles. The fourth-order valence-electron chi connectivity index (χ4n) is 2.77. The van der Waals surface area contributed by atoms with Crippen LogP contribution in [0.2, 0.25) is 0 Å². The number of hydrogen-bond donors (Lipinski definition) is 1. The van der Waals surface area contributed by atoms with Crippen LogP contribution in [0.25, 0.3) is 0 Å². The first-order valence-electron chi connectivity index (χ1n) is 6.94. The monoisotopic (exact) mass is 279 g/mol. The number of nitrogens with zero attached hydrogens (tertiary/aromatic N) is 5. The molecule has 0 aliphatic carbocycles. The van der Waals surface area contributed by atoms with Crippen molar-refractivity contribution in [3.05, 3.63) is 11.8 Å². The van der Waals surface area contributed by atoms with E-state index in [1.807, 2.05) is 51.1 Å². The largest absolute Gasteiger partial charge is 0.387 e. The molecule has 2 heterocycles. The van der Waals surface area contributed by atoms with Gasteiger partial charge in [-0.2, -0.15) is 4.98 Å². The van der Waals surface area contributed by atoms with E-state index in [1.165, 1.54) is 0 Å². The van der Waals surface area contributed by atoms with Crippen molar-refractivity contribution in [2.75, 3.05) is 57.6 Å². The van der Waals surface area contributed by atoms with Crippen molar-refractivity contribution in [1.82, 2.24) is 14.9 Å². The third kappa shape index (κ3) is 3.19. The fourth-order valence-corrected chi connectivity index (χ4v) is 2.77. The highest BCUT2D eigenvalue weighted by Gasteiger charge is 2.37. The molecule has 1 aliphatic heterocycles. The zero-order valence-electron chi connectivity index (χ0n) is 13.1. The number of β-amino-alcohol motifs (C(OH)–C–C–N with tert-alkyl or cyclic N) is 1. The first-order chi connectivity index (χ1) is 9.31. The number of aromatic nitrogens is 2. The number of rotatable bonds is 4. The van der Waals surface area contributed by atoms with E-state index in [4.69, 9.17) is 0 Å². The second kappa shape index (κ2) is 5.54. The Balaban J connectivity index is 2.16. The summed E-state index contributed by atoms with van der Waals surface area (Å²) in [5.74, 6) is 1.63. The highest BCUT2D eigenvalue weighted by Crippen LogP contribution is 2.26. The van der Waals surface area contributed by atoms with Crippen LogP contribution in [0.5, 0.6) is 0 Å². The lowest BCUT2D eigenvalue weighted by Crippen LogP contribution is -2.42. The van der Waals surface area contributed by atoms with Crippen LogP contribution in [0.1, 0.15) is 12.0 Å². The molecular weight excluding hydrogens is 254 g/mol. The molecule has 112 valence electrons. The molecule has 0 amide bonds. The summed E-state index contributed by atoms with van der Waals surface area (Å²) < 4.78 is 0. The summed E-state index contributed by atoms with van der Waals surface area (Å²) in [5.41, 5.74) is 0.386. The predicted molar refractivity (Wildman–Crippen MR) is 81.4 cm³/mol. The quantitative estimate of drug-likeness (QED) is 0.858. The fraction of sp³-hybridized carbons (Fsp3) is 0.714. The molecular formula is C14H25N5O. The normalized spacial score (nSPS) is 22.6. The van der Waals surface area contributed by atoms with Crippen molar-refractivity contribution in [2.24, 2.45) is 0 Å². The molecule has 1 N–H and O–H groups in total. The van der Waals surface area contributed by atoms with Crippen LogP contribution in [-0.2, 0) is 0 Å². The second-order valence-corrected chi connectivity index (χ2v) is 6.20. The van der Waals surface area contributed by atoms with Gasteiger partial charge in [-0.05, 0) is 27.4 Å². The SMILES string of the molecule is Cc1cnc(N2CCC(O)(CN(C)C)C2)nc1N(C)C. The van der Waals surface area contributed by atoms with Gasteiger partial charge in [0.2, 0.25) is 5.95 Å². The summed E-state index contributed by atoms with van der Waals surface area (Å²) in [4.78, 5) is 15.1. The Morgan fingerprint density at radius 2 is 2.05 bits per heavy atom. The molecule has 0 saturated carbocycles. The molecule has 1 atom stereocenters. The smallest absolute Gasteiger partial charge is 0.227 e. The van der Waals surface area contributed by atoms with E-state index in [0.717, 1.165) is 24.3 Å². The number of anilines is 2. The molecule has 6 heteroatoms. The standard InChI is InChI=1S/C14H25N5O/c1-11-8-15-13(16-12(11)18(4)5)19-7-6-14(20,10-19)9-17(2)3/h8,20H,6-7,9-10H2,1-5H3. The summed E-state index contributed by atoms with van der Waals surface area (Å²) in [6, 6.07) is 0. The summed E-state index contributed by atoms with van der Waals surface area (Å²) >= 11 is 0. The highest BCUT2D eigenvalue weighted by atomic mass is 16.3. The van der Waals surface area contributed by atoms with E-state index in [9.17, 15) is 5.11 Å². The van der Waals surface area contributed by atoms with Crippen molar-refractivity contribution >= 4 is 11.8 Å². The Hall–Kier alpha value is -1.40. The molecule has 6 nitrogen and oxygen atoms in total. The highest BCUT2D eigenvalue weighted by molar-refractivity contribution is 5.49. The molecule has 1 unspecified atom stereocenters. The molecule has 1 fully saturated rings. The van der Waals surface area contributed by atoms with Gasteiger partial charge >= 0.3 is 0 Å². The zero-order valence-corrected chi connectivity index (χ0v) is 13.1. The van der Waals surface area contributed by atoms with Crippen LogP contribution in [0.4, 0.5) is 11.8 Å². The van der Waals surface area contributed by atoms with Crippen LogP contribution in [0.15, 0.2) is 6.20 Å². The molecule has 1 aliphatic rings. The van der Waals surface area contributed by atoms with E-state index in [2.05, 4.69) is 14.9 Å². The lowest BCUT2D eigenvalue weighted by atomic mass is 10.0. The van der Waals surface area contributed by atoms with Gasteiger partial charge in [-0.15, -0.1) is 0 Å². The van der Waals surface area contributed by atoms with Gasteiger partial charge in [0.05, 0.1) is 12.1 Å². The van der Waals surface area contributed by atoms with Crippen molar-refractivity contribution in [3.8, 4) is 0 Å². The summed E-state index contributed by atoms with van der Waals surface area (Å²) in [5, 5.41) is 10.6. The van der Waals surface area contributed by atoms with Crippen LogP contribution in [0.3, 0.4) is 0 Å². The number of aliphatic hydroxyl groups is 1. The molecule has 0 radical (unpaired) electrons. The lowest BCUT2D eigenvalue weighted by Gasteiger charge is -2.27. The summed E-state index contributed by atoms with van der Waals surface area (Å²) in [6.07, 6.45) is 2.60. The van der Waals surface area contributed by atoms with Crippen molar-refractivity contribution in [1.29, 1.82) is 0 Å². The molecule has 2 rings (SSSR count). The van der Waals surface area contributed by atoms with Gasteiger partial charge in [0.15, 0.2) is 0 Å². The Morgan fingerprint density at radius 3 is 2.65 bits per heavy atom. The average molecular weight is 279 g/mol. The maximum atomic E-state index is 10.6. The maximum absolute atomic E-state index is 10.6. The number of aryl methyl sites for hydroxylation is 1. The third-order valence-corrected chi connectivity index (χ3v) is 3.58. The summed E-state index contributed by atoms with van der Waals surface area (Å²) in [6.45, 7) is 4.04. The van der Waals surface area contributed by atoms with Crippen molar-refractivity contribution in [2.45, 2.75) is 18.9 Å². The van der Waals surface area contributed by atoms with Crippen LogP contribution in [-0.4, -0.2) is 73.4 Å². The minimum atomic E-state index is -0.671. The van der Waals surface area contributed by atoms with E-state index in [0.29, 0.717) is 19.0 Å². The predicted octanol–water partition coefficient (Wildman–Crippen LogP) is 0.354. The maximum Gasteiger partial charge on any atom is 0.227 e. The minimum absolute atomic E-state index is 0.584. The van der Waals surface area contributed by atoms with Gasteiger partial charge in [0.1, 0.15) is 5.82 Å². The lowest BCUT2D eigenvalue weighted by molar-refractivity contribution is 0.0365. The molecule has 1 saturated heterocycles. The average Bonchev–Trinajstić information content (AvgIpc) is 2.70. The van der Waals surface area contributed by atoms with Gasteiger partial charge in [-0.1, -0.05) is 0 Å². The molecule has 0 spiro atoms. The Bertz CT molecular complexity index is 477. The number of likely N-dealkylation sites (N-methyl/N-ethyl adjacent to an activating group) is 1. The minimum Gasteiger partial charge on any atom is -0.387 e. The molecule has 1 aromatic rings. The third-order valence-electron chi connectivity index (χ3n) is 3.58. The van der Waals surface area contributed by atoms with Gasteiger partial charge in [-0.25, -0.2) is 4.98 Å². The van der Waals surface area contributed by atoms with E-state index >= 15 is 0 Å². The molecule has 20 heavy (non-hydrogen) atoms. The summed E-state index contributed by atoms with van der Waals surface area (Å²) in [7, 11) is 7.91. The van der Waals surface area contributed by atoms with Gasteiger partial charge in [0, 0.05) is 38.9 Å². The second-order valence-electron chi connectivity index (χ2n) is 6.20. The topological polar surface area (TPSA) is 55.7 Å². The van der Waals surface area contributed by atoms with Crippen LogP contribution in [0, 0.1) is 6.92 Å². The van der Waals surface area contributed by atoms with Gasteiger partial charge in [-0.3, -0.25) is 0 Å². The van der Waals surface area contributed by atoms with E-state index in [-0.39, 0.29) is 0 Å². The Kier molecular flexibility index (Phi) is 4.15. The van der Waals surface area contributed by atoms with Crippen molar-refractivity contribution in [3.63, 3.8) is 0 Å².